The number of carbonyl (C=O) groups is 2. The van der Waals surface area contributed by atoms with E-state index in [0.29, 0.717) is 19.5 Å². The number of nitrogens with zero attached hydrogens (tertiary/aromatic N) is 1. The van der Waals surface area contributed by atoms with Crippen molar-refractivity contribution in [2.75, 3.05) is 26.6 Å². The number of hydrogen-bond donors (Lipinski definition) is 4. The number of rotatable bonds is 8. The van der Waals surface area contributed by atoms with E-state index >= 15 is 0 Å². The Morgan fingerprint density at radius 3 is 2.68 bits per heavy atom. The van der Waals surface area contributed by atoms with E-state index in [1.165, 1.54) is 0 Å². The number of nitrogens with one attached hydrogen (secondary N) is 2. The summed E-state index contributed by atoms with van der Waals surface area (Å²) in [6.45, 7) is 1.21. The van der Waals surface area contributed by atoms with Crippen LogP contribution in [-0.2, 0) is 16.1 Å². The molecule has 1 aromatic rings. The van der Waals surface area contributed by atoms with Crippen LogP contribution >= 0.6 is 0 Å². The highest BCUT2D eigenvalue weighted by molar-refractivity contribution is 6.41. The smallest absolute Gasteiger partial charge is 0.472 e. The molecule has 1 aliphatic rings. The number of hydrogen-bond acceptors (Lipinski definition) is 6. The molecule has 2 amide bonds. The SMILES string of the molecule is COc1ccc(CNCC(=O)N2CCCC2C(=O)NCB(O)O)cc1. The first-order valence-corrected chi connectivity index (χ1v) is 8.28. The zero-order valence-electron chi connectivity index (χ0n) is 14.3. The van der Waals surface area contributed by atoms with E-state index < -0.39 is 13.2 Å². The molecule has 1 atom stereocenters. The summed E-state index contributed by atoms with van der Waals surface area (Å²) in [6.07, 6.45) is 1.09. The average Bonchev–Trinajstić information content (AvgIpc) is 3.10. The summed E-state index contributed by atoms with van der Waals surface area (Å²) in [7, 11) is 0.0103. The van der Waals surface area contributed by atoms with Crippen molar-refractivity contribution in [3.05, 3.63) is 29.8 Å². The highest BCUT2D eigenvalue weighted by atomic mass is 16.5. The molecular weight excluding hydrogens is 325 g/mol. The van der Waals surface area contributed by atoms with Gasteiger partial charge in [-0.15, -0.1) is 0 Å². The van der Waals surface area contributed by atoms with Crippen LogP contribution in [0.4, 0.5) is 0 Å². The van der Waals surface area contributed by atoms with E-state index in [9.17, 15) is 9.59 Å². The van der Waals surface area contributed by atoms with Crippen molar-refractivity contribution in [2.24, 2.45) is 0 Å². The van der Waals surface area contributed by atoms with Crippen molar-refractivity contribution >= 4 is 18.9 Å². The fraction of sp³-hybridized carbons (Fsp3) is 0.500. The fourth-order valence-corrected chi connectivity index (χ4v) is 2.81. The van der Waals surface area contributed by atoms with Crippen LogP contribution in [0.2, 0.25) is 0 Å². The van der Waals surface area contributed by atoms with Crippen molar-refractivity contribution < 1.29 is 24.4 Å². The fourth-order valence-electron chi connectivity index (χ4n) is 2.81. The molecule has 1 unspecified atom stereocenters. The van der Waals surface area contributed by atoms with E-state index in [0.717, 1.165) is 17.7 Å². The lowest BCUT2D eigenvalue weighted by Gasteiger charge is -2.24. The predicted octanol–water partition coefficient (Wildman–Crippen LogP) is -1.10. The van der Waals surface area contributed by atoms with Gasteiger partial charge < -0.3 is 30.3 Å². The largest absolute Gasteiger partial charge is 0.497 e. The molecule has 4 N–H and O–H groups in total. The maximum absolute atomic E-state index is 12.4. The molecule has 1 aliphatic heterocycles. The van der Waals surface area contributed by atoms with E-state index in [1.807, 2.05) is 24.3 Å². The van der Waals surface area contributed by atoms with Gasteiger partial charge >= 0.3 is 7.12 Å². The lowest BCUT2D eigenvalue weighted by atomic mass is 9.92. The molecular formula is C16H24BN3O5. The maximum atomic E-state index is 12.4. The molecule has 1 fully saturated rings. The molecule has 25 heavy (non-hydrogen) atoms. The first-order valence-electron chi connectivity index (χ1n) is 8.28. The van der Waals surface area contributed by atoms with Gasteiger partial charge in [-0.1, -0.05) is 12.1 Å². The molecule has 1 aromatic carbocycles. The Labute approximate surface area is 147 Å². The number of amides is 2. The van der Waals surface area contributed by atoms with Gasteiger partial charge in [-0.25, -0.2) is 0 Å². The highest BCUT2D eigenvalue weighted by Gasteiger charge is 2.33. The molecule has 136 valence electrons. The van der Waals surface area contributed by atoms with Crippen molar-refractivity contribution in [1.29, 1.82) is 0 Å². The van der Waals surface area contributed by atoms with Crippen LogP contribution in [0.1, 0.15) is 18.4 Å². The Morgan fingerprint density at radius 2 is 2.04 bits per heavy atom. The molecule has 8 nitrogen and oxygen atoms in total. The monoisotopic (exact) mass is 349 g/mol. The Hall–Kier alpha value is -2.10. The first kappa shape index (κ1) is 19.2. The summed E-state index contributed by atoms with van der Waals surface area (Å²) < 4.78 is 5.10. The van der Waals surface area contributed by atoms with Gasteiger partial charge in [0.05, 0.1) is 20.1 Å². The van der Waals surface area contributed by atoms with Crippen molar-refractivity contribution in [1.82, 2.24) is 15.5 Å². The number of ether oxygens (including phenoxy) is 1. The average molecular weight is 349 g/mol. The number of methoxy groups -OCH3 is 1. The minimum atomic E-state index is -1.60. The predicted molar refractivity (Wildman–Crippen MR) is 92.6 cm³/mol. The molecule has 1 heterocycles. The second-order valence-electron chi connectivity index (χ2n) is 5.92. The molecule has 0 radical (unpaired) electrons. The third-order valence-electron chi connectivity index (χ3n) is 4.10. The van der Waals surface area contributed by atoms with Gasteiger partial charge in [0.15, 0.2) is 0 Å². The van der Waals surface area contributed by atoms with Gasteiger partial charge in [0, 0.05) is 13.1 Å². The quantitative estimate of drug-likeness (QED) is 0.444. The molecule has 0 spiro atoms. The van der Waals surface area contributed by atoms with Gasteiger partial charge in [0.25, 0.3) is 0 Å². The Morgan fingerprint density at radius 1 is 1.32 bits per heavy atom. The molecule has 9 heteroatoms. The van der Waals surface area contributed by atoms with Crippen LogP contribution in [0.25, 0.3) is 0 Å². The summed E-state index contributed by atoms with van der Waals surface area (Å²) >= 11 is 0. The zero-order valence-corrected chi connectivity index (χ0v) is 14.3. The number of benzene rings is 1. The second kappa shape index (κ2) is 9.40. The lowest BCUT2D eigenvalue weighted by Crippen LogP contribution is -2.50. The summed E-state index contributed by atoms with van der Waals surface area (Å²) in [5.74, 6) is 0.281. The molecule has 0 saturated carbocycles. The van der Waals surface area contributed by atoms with E-state index in [2.05, 4.69) is 10.6 Å². The molecule has 0 aromatic heterocycles. The summed E-state index contributed by atoms with van der Waals surface area (Å²) in [4.78, 5) is 26.0. The Balaban J connectivity index is 1.79. The van der Waals surface area contributed by atoms with E-state index in [1.54, 1.807) is 12.0 Å². The van der Waals surface area contributed by atoms with Gasteiger partial charge in [0.1, 0.15) is 11.8 Å². The molecule has 2 rings (SSSR count). The molecule has 1 saturated heterocycles. The van der Waals surface area contributed by atoms with Gasteiger partial charge in [-0.2, -0.15) is 0 Å². The van der Waals surface area contributed by atoms with Gasteiger partial charge in [0.2, 0.25) is 11.8 Å². The van der Waals surface area contributed by atoms with Gasteiger partial charge in [-0.3, -0.25) is 9.59 Å². The van der Waals surface area contributed by atoms with Crippen LogP contribution < -0.4 is 15.4 Å². The third-order valence-corrected chi connectivity index (χ3v) is 4.10. The topological polar surface area (TPSA) is 111 Å². The van der Waals surface area contributed by atoms with Crippen molar-refractivity contribution in [2.45, 2.75) is 25.4 Å². The van der Waals surface area contributed by atoms with Crippen LogP contribution in [0.15, 0.2) is 24.3 Å². The van der Waals surface area contributed by atoms with Crippen molar-refractivity contribution in [3.8, 4) is 5.75 Å². The van der Waals surface area contributed by atoms with Gasteiger partial charge in [-0.05, 0) is 30.5 Å². The standard InChI is InChI=1S/C16H24BN3O5/c1-25-13-6-4-12(5-7-13)9-18-10-15(21)20-8-2-3-14(20)16(22)19-11-17(23)24/h4-7,14,18,23-24H,2-3,8-11H2,1H3,(H,19,22). The summed E-state index contributed by atoms with van der Waals surface area (Å²) in [5, 5.41) is 23.2. The lowest BCUT2D eigenvalue weighted by molar-refractivity contribution is -0.137. The Bertz CT molecular complexity index is 582. The van der Waals surface area contributed by atoms with E-state index in [4.69, 9.17) is 14.8 Å². The van der Waals surface area contributed by atoms with Crippen LogP contribution in [-0.4, -0.2) is 66.6 Å². The minimum Gasteiger partial charge on any atom is -0.497 e. The maximum Gasteiger partial charge on any atom is 0.472 e. The van der Waals surface area contributed by atoms with E-state index in [-0.39, 0.29) is 24.8 Å². The van der Waals surface area contributed by atoms with Crippen LogP contribution in [0.3, 0.4) is 0 Å². The second-order valence-corrected chi connectivity index (χ2v) is 5.92. The minimum absolute atomic E-state index is 0.137. The number of likely N-dealkylation sites (tertiary alicyclic amines) is 1. The highest BCUT2D eigenvalue weighted by Crippen LogP contribution is 2.17. The Kier molecular flexibility index (Phi) is 7.23. The summed E-state index contributed by atoms with van der Waals surface area (Å²) in [5.41, 5.74) is 1.03. The third kappa shape index (κ3) is 5.73. The zero-order chi connectivity index (χ0) is 18.2. The van der Waals surface area contributed by atoms with Crippen molar-refractivity contribution in [3.63, 3.8) is 0 Å². The molecule has 0 bridgehead atoms. The normalized spacial score (nSPS) is 16.6. The summed E-state index contributed by atoms with van der Waals surface area (Å²) in [6, 6.07) is 7.00. The van der Waals surface area contributed by atoms with Crippen LogP contribution in [0, 0.1) is 0 Å². The molecule has 0 aliphatic carbocycles. The first-order chi connectivity index (χ1) is 12.0. The number of carbonyl (C=O) groups excluding carboxylic acids is 2. The van der Waals surface area contributed by atoms with Crippen LogP contribution in [0.5, 0.6) is 5.75 Å².